The Bertz CT molecular complexity index is 1160. The number of anilines is 2. The number of ether oxygens (including phenoxy) is 1. The van der Waals surface area contributed by atoms with Crippen molar-refractivity contribution in [1.82, 2.24) is 0 Å². The first-order valence-corrected chi connectivity index (χ1v) is 12.6. The van der Waals surface area contributed by atoms with Gasteiger partial charge in [0.2, 0.25) is 15.9 Å². The van der Waals surface area contributed by atoms with Gasteiger partial charge in [-0.15, -0.1) is 11.3 Å². The van der Waals surface area contributed by atoms with Gasteiger partial charge in [0.25, 0.3) is 5.69 Å². The number of fused-ring (bicyclic) bond motifs is 1. The molecule has 0 radical (unpaired) electrons. The number of benzene rings is 1. The lowest BCUT2D eigenvalue weighted by Crippen LogP contribution is -2.37. The lowest BCUT2D eigenvalue weighted by atomic mass is 9.95. The zero-order chi connectivity index (χ0) is 23.5. The van der Waals surface area contributed by atoms with Gasteiger partial charge in [0, 0.05) is 17.0 Å². The van der Waals surface area contributed by atoms with Crippen molar-refractivity contribution >= 4 is 49.6 Å². The summed E-state index contributed by atoms with van der Waals surface area (Å²) in [4.78, 5) is 36.8. The van der Waals surface area contributed by atoms with Gasteiger partial charge in [0.1, 0.15) is 11.5 Å². The van der Waals surface area contributed by atoms with E-state index in [-0.39, 0.29) is 18.0 Å². The second-order valence-corrected chi connectivity index (χ2v) is 10.2. The van der Waals surface area contributed by atoms with Crippen molar-refractivity contribution in [2.24, 2.45) is 0 Å². The molecule has 0 saturated carbocycles. The van der Waals surface area contributed by atoms with Crippen LogP contribution >= 0.6 is 11.3 Å². The zero-order valence-corrected chi connectivity index (χ0v) is 19.3. The van der Waals surface area contributed by atoms with E-state index in [0.717, 1.165) is 46.3 Å². The van der Waals surface area contributed by atoms with E-state index in [4.69, 9.17) is 4.74 Å². The first kappa shape index (κ1) is 23.7. The molecule has 1 aromatic heterocycles. The number of hydrogen-bond donors (Lipinski definition) is 1. The molecule has 1 aliphatic carbocycles. The number of nitrogens with one attached hydrogen (secondary N) is 1. The minimum absolute atomic E-state index is 0.00654. The molecule has 0 fully saturated rings. The maximum absolute atomic E-state index is 12.8. The van der Waals surface area contributed by atoms with E-state index in [9.17, 15) is 28.1 Å². The molecule has 1 aliphatic rings. The fraction of sp³-hybridized carbons (Fsp3) is 0.400. The SMILES string of the molecule is CCOC(=O)c1c(NC(=O)CN(c2cccc([N+](=O)[O-])c2)S(C)(=O)=O)sc2c1CCCC2. The van der Waals surface area contributed by atoms with Crippen LogP contribution in [0.4, 0.5) is 16.4 Å². The molecule has 1 amide bonds. The summed E-state index contributed by atoms with van der Waals surface area (Å²) in [6.07, 6.45) is 4.33. The molecule has 1 heterocycles. The predicted octanol–water partition coefficient (Wildman–Crippen LogP) is 3.12. The number of aryl methyl sites for hydroxylation is 1. The van der Waals surface area contributed by atoms with Crippen molar-refractivity contribution in [3.8, 4) is 0 Å². The van der Waals surface area contributed by atoms with E-state index >= 15 is 0 Å². The average molecular weight is 482 g/mol. The summed E-state index contributed by atoms with van der Waals surface area (Å²) in [5, 5.41) is 14.0. The molecule has 0 saturated heterocycles. The number of hydrogen-bond acceptors (Lipinski definition) is 8. The Morgan fingerprint density at radius 3 is 2.66 bits per heavy atom. The molecule has 12 heteroatoms. The van der Waals surface area contributed by atoms with Crippen molar-refractivity contribution in [2.45, 2.75) is 32.6 Å². The van der Waals surface area contributed by atoms with E-state index < -0.39 is 33.4 Å². The molecular formula is C20H23N3O7S2. The topological polar surface area (TPSA) is 136 Å². The second kappa shape index (κ2) is 9.65. The van der Waals surface area contributed by atoms with Crippen LogP contribution in [0.2, 0.25) is 0 Å². The average Bonchev–Trinajstić information content (AvgIpc) is 3.09. The summed E-state index contributed by atoms with van der Waals surface area (Å²) in [6.45, 7) is 1.27. The molecular weight excluding hydrogens is 458 g/mol. The summed E-state index contributed by atoms with van der Waals surface area (Å²) < 4.78 is 30.6. The van der Waals surface area contributed by atoms with Crippen LogP contribution in [0.5, 0.6) is 0 Å². The molecule has 0 spiro atoms. The number of nitro groups is 1. The van der Waals surface area contributed by atoms with Crippen LogP contribution in [0.3, 0.4) is 0 Å². The number of nitro benzene ring substituents is 1. The number of rotatable bonds is 8. The van der Waals surface area contributed by atoms with Gasteiger partial charge in [-0.1, -0.05) is 6.07 Å². The molecule has 32 heavy (non-hydrogen) atoms. The second-order valence-electron chi connectivity index (χ2n) is 7.23. The Labute approximate surface area is 189 Å². The summed E-state index contributed by atoms with van der Waals surface area (Å²) in [5.74, 6) is -1.20. The Morgan fingerprint density at radius 1 is 1.28 bits per heavy atom. The molecule has 1 aromatic carbocycles. The van der Waals surface area contributed by atoms with Crippen LogP contribution in [0.15, 0.2) is 24.3 Å². The highest BCUT2D eigenvalue weighted by atomic mass is 32.2. The first-order valence-electron chi connectivity index (χ1n) is 9.95. The van der Waals surface area contributed by atoms with Gasteiger partial charge >= 0.3 is 5.97 Å². The van der Waals surface area contributed by atoms with Gasteiger partial charge in [-0.3, -0.25) is 19.2 Å². The van der Waals surface area contributed by atoms with Crippen molar-refractivity contribution in [1.29, 1.82) is 0 Å². The number of thiophene rings is 1. The van der Waals surface area contributed by atoms with Gasteiger partial charge in [-0.2, -0.15) is 0 Å². The molecule has 172 valence electrons. The minimum Gasteiger partial charge on any atom is -0.462 e. The number of nitrogens with zero attached hydrogens (tertiary/aromatic N) is 2. The van der Waals surface area contributed by atoms with Crippen molar-refractivity contribution in [3.63, 3.8) is 0 Å². The van der Waals surface area contributed by atoms with Gasteiger partial charge < -0.3 is 10.1 Å². The molecule has 10 nitrogen and oxygen atoms in total. The first-order chi connectivity index (χ1) is 15.1. The molecule has 0 aliphatic heterocycles. The van der Waals surface area contributed by atoms with Crippen LogP contribution in [0.1, 0.15) is 40.6 Å². The van der Waals surface area contributed by atoms with Crippen LogP contribution in [-0.2, 0) is 32.4 Å². The van der Waals surface area contributed by atoms with E-state index in [0.29, 0.717) is 17.0 Å². The molecule has 0 bridgehead atoms. The fourth-order valence-corrected chi connectivity index (χ4v) is 5.67. The Morgan fingerprint density at radius 2 is 2.00 bits per heavy atom. The van der Waals surface area contributed by atoms with Gasteiger partial charge in [0.05, 0.1) is 29.0 Å². The Hall–Kier alpha value is -2.99. The Balaban J connectivity index is 1.89. The maximum atomic E-state index is 12.8. The van der Waals surface area contributed by atoms with E-state index in [1.54, 1.807) is 6.92 Å². The number of non-ortho nitro benzene ring substituents is 1. The highest BCUT2D eigenvalue weighted by molar-refractivity contribution is 7.92. The maximum Gasteiger partial charge on any atom is 0.341 e. The normalized spacial score (nSPS) is 13.2. The summed E-state index contributed by atoms with van der Waals surface area (Å²) in [5.41, 5.74) is 0.884. The van der Waals surface area contributed by atoms with Crippen molar-refractivity contribution < 1.29 is 27.7 Å². The number of esters is 1. The lowest BCUT2D eigenvalue weighted by Gasteiger charge is -2.21. The minimum atomic E-state index is -3.92. The largest absolute Gasteiger partial charge is 0.462 e. The van der Waals surface area contributed by atoms with Crippen LogP contribution in [0.25, 0.3) is 0 Å². The highest BCUT2D eigenvalue weighted by Gasteiger charge is 2.29. The third-order valence-electron chi connectivity index (χ3n) is 4.92. The van der Waals surface area contributed by atoms with Gasteiger partial charge in [-0.05, 0) is 44.2 Å². The quantitative estimate of drug-likeness (QED) is 0.347. The highest BCUT2D eigenvalue weighted by Crippen LogP contribution is 2.38. The summed E-state index contributed by atoms with van der Waals surface area (Å²) in [7, 11) is -3.92. The predicted molar refractivity (Wildman–Crippen MR) is 121 cm³/mol. The lowest BCUT2D eigenvalue weighted by molar-refractivity contribution is -0.384. The monoisotopic (exact) mass is 481 g/mol. The molecule has 0 unspecified atom stereocenters. The smallest absolute Gasteiger partial charge is 0.341 e. The van der Waals surface area contributed by atoms with Crippen LogP contribution in [0, 0.1) is 10.1 Å². The molecule has 3 rings (SSSR count). The van der Waals surface area contributed by atoms with Crippen molar-refractivity contribution in [3.05, 3.63) is 50.4 Å². The summed E-state index contributed by atoms with van der Waals surface area (Å²) >= 11 is 1.29. The van der Waals surface area contributed by atoms with E-state index in [1.807, 2.05) is 0 Å². The summed E-state index contributed by atoms with van der Waals surface area (Å²) in [6, 6.07) is 5.03. The zero-order valence-electron chi connectivity index (χ0n) is 17.6. The van der Waals surface area contributed by atoms with Crippen LogP contribution in [-0.4, -0.2) is 44.6 Å². The number of carbonyl (C=O) groups is 2. The van der Waals surface area contributed by atoms with E-state index in [1.165, 1.54) is 29.5 Å². The molecule has 1 N–H and O–H groups in total. The fourth-order valence-electron chi connectivity index (χ4n) is 3.53. The molecule has 0 atom stereocenters. The Kier molecular flexibility index (Phi) is 7.14. The van der Waals surface area contributed by atoms with Crippen LogP contribution < -0.4 is 9.62 Å². The van der Waals surface area contributed by atoms with Gasteiger partial charge in [-0.25, -0.2) is 13.2 Å². The van der Waals surface area contributed by atoms with Crippen molar-refractivity contribution in [2.75, 3.05) is 29.0 Å². The third-order valence-corrected chi connectivity index (χ3v) is 7.27. The third kappa shape index (κ3) is 5.25. The molecule has 2 aromatic rings. The van der Waals surface area contributed by atoms with Gasteiger partial charge in [0.15, 0.2) is 0 Å². The standard InChI is InChI=1S/C20H23N3O7S2/c1-3-30-20(25)18-15-9-4-5-10-16(15)31-19(18)21-17(24)12-22(32(2,28)29)13-7-6-8-14(11-13)23(26)27/h6-8,11H,3-5,9-10,12H2,1-2H3,(H,21,24). The number of carbonyl (C=O) groups excluding carboxylic acids is 2. The number of amides is 1. The van der Waals surface area contributed by atoms with E-state index in [2.05, 4.69) is 5.32 Å². The number of sulfonamides is 1.